The second kappa shape index (κ2) is 10.7. The Labute approximate surface area is 231 Å². The van der Waals surface area contributed by atoms with Crippen LogP contribution in [0.2, 0.25) is 0 Å². The van der Waals surface area contributed by atoms with Gasteiger partial charge in [0, 0.05) is 36.0 Å². The zero-order valence-corrected chi connectivity index (χ0v) is 22.7. The number of nitrogens with zero attached hydrogens (tertiary/aromatic N) is 6. The van der Waals surface area contributed by atoms with E-state index in [1.165, 1.54) is 32.6 Å². The molecule has 4 atom stereocenters. The van der Waals surface area contributed by atoms with Crippen molar-refractivity contribution in [1.82, 2.24) is 19.6 Å². The summed E-state index contributed by atoms with van der Waals surface area (Å²) in [5.41, 5.74) is 7.75. The summed E-state index contributed by atoms with van der Waals surface area (Å²) in [6.45, 7) is 4.63. The molecular formula is C29H32FN7O3. The number of halogens is 1. The Morgan fingerprint density at radius 1 is 1.32 bits per heavy atom. The number of alkyl halides is 1. The SMILES string of the molecule is Cc1ncoc1[C@@H]1CC[C@@H](N(C[C@@H](F)C(C)(C)O)c2ccncc2C(N)=O)C[C@H]1c1ccc2cc(C#N)cnn12. The second-order valence-electron chi connectivity index (χ2n) is 11.0. The van der Waals surface area contributed by atoms with Gasteiger partial charge in [-0.2, -0.15) is 10.4 Å². The summed E-state index contributed by atoms with van der Waals surface area (Å²) >= 11 is 0. The van der Waals surface area contributed by atoms with Gasteiger partial charge in [0.25, 0.3) is 5.91 Å². The molecule has 5 rings (SSSR count). The number of oxazole rings is 1. The van der Waals surface area contributed by atoms with Crippen LogP contribution >= 0.6 is 0 Å². The summed E-state index contributed by atoms with van der Waals surface area (Å²) in [4.78, 5) is 22.6. The maximum absolute atomic E-state index is 15.4. The summed E-state index contributed by atoms with van der Waals surface area (Å²) < 4.78 is 23.1. The number of anilines is 1. The van der Waals surface area contributed by atoms with Gasteiger partial charge in [-0.15, -0.1) is 0 Å². The van der Waals surface area contributed by atoms with Crippen LogP contribution in [0.3, 0.4) is 0 Å². The lowest BCUT2D eigenvalue weighted by atomic mass is 9.73. The Morgan fingerprint density at radius 3 is 2.80 bits per heavy atom. The number of fused-ring (bicyclic) bond motifs is 1. The highest BCUT2D eigenvalue weighted by molar-refractivity contribution is 5.98. The molecule has 10 nitrogen and oxygen atoms in total. The van der Waals surface area contributed by atoms with Crippen LogP contribution in [0.1, 0.15) is 78.0 Å². The van der Waals surface area contributed by atoms with Crippen LogP contribution in [-0.4, -0.2) is 55.0 Å². The highest BCUT2D eigenvalue weighted by Crippen LogP contribution is 2.47. The van der Waals surface area contributed by atoms with Gasteiger partial charge in [-0.05, 0) is 64.3 Å². The van der Waals surface area contributed by atoms with Gasteiger partial charge in [0.05, 0.1) is 46.4 Å². The normalized spacial score (nSPS) is 20.2. The summed E-state index contributed by atoms with van der Waals surface area (Å²) in [5, 5.41) is 24.3. The fourth-order valence-electron chi connectivity index (χ4n) is 5.77. The number of rotatable bonds is 8. The molecule has 0 saturated heterocycles. The Kier molecular flexibility index (Phi) is 7.29. The minimum absolute atomic E-state index is 0.0281. The second-order valence-corrected chi connectivity index (χ2v) is 11.0. The van der Waals surface area contributed by atoms with Gasteiger partial charge in [-0.3, -0.25) is 9.78 Å². The van der Waals surface area contributed by atoms with Gasteiger partial charge in [-0.1, -0.05) is 0 Å². The minimum Gasteiger partial charge on any atom is -0.448 e. The largest absolute Gasteiger partial charge is 0.448 e. The van der Waals surface area contributed by atoms with Crippen LogP contribution in [0, 0.1) is 18.3 Å². The molecule has 3 N–H and O–H groups in total. The lowest BCUT2D eigenvalue weighted by Gasteiger charge is -2.43. The summed E-state index contributed by atoms with van der Waals surface area (Å²) in [6, 6.07) is 9.28. The van der Waals surface area contributed by atoms with Gasteiger partial charge in [0.15, 0.2) is 6.39 Å². The van der Waals surface area contributed by atoms with Crippen molar-refractivity contribution in [3.05, 3.63) is 77.5 Å². The van der Waals surface area contributed by atoms with E-state index in [1.54, 1.807) is 18.3 Å². The molecule has 4 heterocycles. The quantitative estimate of drug-likeness (QED) is 0.337. The third-order valence-corrected chi connectivity index (χ3v) is 7.92. The first kappa shape index (κ1) is 27.3. The van der Waals surface area contributed by atoms with Crippen molar-refractivity contribution in [1.29, 1.82) is 5.26 Å². The van der Waals surface area contributed by atoms with E-state index in [0.29, 0.717) is 30.5 Å². The maximum atomic E-state index is 15.4. The van der Waals surface area contributed by atoms with Crippen molar-refractivity contribution in [2.45, 2.75) is 69.7 Å². The van der Waals surface area contributed by atoms with Crippen LogP contribution in [0.15, 0.2) is 53.7 Å². The van der Waals surface area contributed by atoms with E-state index in [2.05, 4.69) is 21.1 Å². The molecule has 4 aromatic heterocycles. The number of nitrogens with two attached hydrogens (primary N) is 1. The number of hydrogen-bond acceptors (Lipinski definition) is 8. The van der Waals surface area contributed by atoms with E-state index >= 15 is 4.39 Å². The fourth-order valence-corrected chi connectivity index (χ4v) is 5.77. The molecule has 1 fully saturated rings. The van der Waals surface area contributed by atoms with E-state index in [1.807, 2.05) is 28.5 Å². The van der Waals surface area contributed by atoms with E-state index in [-0.39, 0.29) is 30.0 Å². The molecule has 1 amide bonds. The highest BCUT2D eigenvalue weighted by atomic mass is 19.1. The number of carbonyl (C=O) groups excluding carboxylic acids is 1. The molecule has 208 valence electrons. The van der Waals surface area contributed by atoms with Crippen molar-refractivity contribution >= 4 is 17.1 Å². The van der Waals surface area contributed by atoms with Crippen molar-refractivity contribution in [3.8, 4) is 6.07 Å². The van der Waals surface area contributed by atoms with Crippen molar-refractivity contribution in [3.63, 3.8) is 0 Å². The standard InChI is InChI=1S/C29H32FN7O3/c1-17-27(40-16-34-17)21-6-4-19(11-22(21)25-7-5-20-10-18(12-31)13-35-37(20)25)36(15-26(30)29(2,3)39)24-8-9-33-14-23(24)28(32)38/h5,7-10,13-14,16,19,21-22,26,39H,4,6,11,15H2,1-3H3,(H2,32,38)/t19-,21-,22-,26-/m1/s1. The number of primary amides is 1. The Balaban J connectivity index is 1.59. The number of aryl methyl sites for hydroxylation is 1. The molecule has 0 aromatic carbocycles. The number of hydrogen-bond donors (Lipinski definition) is 2. The van der Waals surface area contributed by atoms with Crippen molar-refractivity contribution in [2.24, 2.45) is 5.73 Å². The molecular weight excluding hydrogens is 513 g/mol. The highest BCUT2D eigenvalue weighted by Gasteiger charge is 2.41. The monoisotopic (exact) mass is 545 g/mol. The van der Waals surface area contributed by atoms with Crippen LogP contribution < -0.4 is 10.6 Å². The van der Waals surface area contributed by atoms with E-state index < -0.39 is 17.7 Å². The molecule has 0 unspecified atom stereocenters. The number of pyridine rings is 1. The molecule has 0 spiro atoms. The molecule has 40 heavy (non-hydrogen) atoms. The molecule has 1 saturated carbocycles. The minimum atomic E-state index is -1.60. The van der Waals surface area contributed by atoms with E-state index in [9.17, 15) is 15.2 Å². The first-order chi connectivity index (χ1) is 19.1. The van der Waals surface area contributed by atoms with Crippen molar-refractivity contribution < 1.29 is 18.7 Å². The topological polar surface area (TPSA) is 147 Å². The fraction of sp³-hybridized carbons (Fsp3) is 0.414. The molecule has 1 aliphatic rings. The Hall–Kier alpha value is -4.30. The first-order valence-corrected chi connectivity index (χ1v) is 13.2. The predicted molar refractivity (Wildman–Crippen MR) is 146 cm³/mol. The lowest BCUT2D eigenvalue weighted by Crippen LogP contribution is -2.49. The summed E-state index contributed by atoms with van der Waals surface area (Å²) in [5.74, 6) is -0.0147. The van der Waals surface area contributed by atoms with E-state index in [4.69, 9.17) is 10.2 Å². The zero-order valence-electron chi connectivity index (χ0n) is 22.7. The molecule has 0 bridgehead atoms. The third kappa shape index (κ3) is 5.14. The predicted octanol–water partition coefficient (Wildman–Crippen LogP) is 4.03. The Morgan fingerprint density at radius 2 is 2.12 bits per heavy atom. The smallest absolute Gasteiger partial charge is 0.252 e. The molecule has 0 aliphatic heterocycles. The van der Waals surface area contributed by atoms with Gasteiger partial charge in [0.1, 0.15) is 18.0 Å². The van der Waals surface area contributed by atoms with Crippen LogP contribution in [0.25, 0.3) is 5.52 Å². The number of aliphatic hydroxyl groups is 1. The number of aromatic nitrogens is 4. The molecule has 1 aliphatic carbocycles. The summed E-state index contributed by atoms with van der Waals surface area (Å²) in [6.07, 6.45) is 6.24. The molecule has 4 aromatic rings. The van der Waals surface area contributed by atoms with Crippen molar-refractivity contribution in [2.75, 3.05) is 11.4 Å². The van der Waals surface area contributed by atoms with Gasteiger partial charge in [0.2, 0.25) is 0 Å². The first-order valence-electron chi connectivity index (χ1n) is 13.2. The summed E-state index contributed by atoms with van der Waals surface area (Å²) in [7, 11) is 0. The van der Waals surface area contributed by atoms with E-state index in [0.717, 1.165) is 22.7 Å². The molecule has 0 radical (unpaired) electrons. The molecule has 11 heteroatoms. The van der Waals surface area contributed by atoms with Gasteiger partial charge in [-0.25, -0.2) is 13.9 Å². The van der Waals surface area contributed by atoms with Crippen LogP contribution in [0.5, 0.6) is 0 Å². The Bertz CT molecular complexity index is 1570. The number of carbonyl (C=O) groups is 1. The van der Waals surface area contributed by atoms with Crippen LogP contribution in [0.4, 0.5) is 10.1 Å². The lowest BCUT2D eigenvalue weighted by molar-refractivity contribution is -0.000544. The number of amides is 1. The number of nitriles is 1. The average Bonchev–Trinajstić information content (AvgIpc) is 3.56. The van der Waals surface area contributed by atoms with Gasteiger partial charge >= 0.3 is 0 Å². The third-order valence-electron chi connectivity index (χ3n) is 7.92. The van der Waals surface area contributed by atoms with Crippen LogP contribution in [-0.2, 0) is 0 Å². The zero-order chi connectivity index (χ0) is 28.6. The maximum Gasteiger partial charge on any atom is 0.252 e. The van der Waals surface area contributed by atoms with Gasteiger partial charge < -0.3 is 20.2 Å². The average molecular weight is 546 g/mol.